The van der Waals surface area contributed by atoms with Crippen molar-refractivity contribution in [3.05, 3.63) is 0 Å². The van der Waals surface area contributed by atoms with E-state index in [1.54, 1.807) is 0 Å². The molecule has 0 aliphatic carbocycles. The van der Waals surface area contributed by atoms with E-state index in [0.29, 0.717) is 0 Å². The molecule has 20 heavy (non-hydrogen) atoms. The molecular formula is C14H37NO2Si3. The quantitative estimate of drug-likeness (QED) is 0.444. The average Bonchev–Trinajstić information content (AvgIpc) is 2.11. The second-order valence-electron chi connectivity index (χ2n) is 7.75. The van der Waals surface area contributed by atoms with Gasteiger partial charge in [-0.2, -0.15) is 0 Å². The summed E-state index contributed by atoms with van der Waals surface area (Å²) in [7, 11) is -4.82. The third-order valence-corrected chi connectivity index (χ3v) is 14.2. The van der Waals surface area contributed by atoms with Crippen LogP contribution in [0.4, 0.5) is 0 Å². The van der Waals surface area contributed by atoms with Gasteiger partial charge in [0.2, 0.25) is 0 Å². The van der Waals surface area contributed by atoms with Gasteiger partial charge in [-0.1, -0.05) is 52.6 Å². The van der Waals surface area contributed by atoms with Crippen LogP contribution in [0.15, 0.2) is 0 Å². The monoisotopic (exact) mass is 335 g/mol. The molecule has 0 saturated carbocycles. The van der Waals surface area contributed by atoms with E-state index in [2.05, 4.69) is 70.8 Å². The highest BCUT2D eigenvalue weighted by Crippen LogP contribution is 2.27. The van der Waals surface area contributed by atoms with Crippen LogP contribution in [0.3, 0.4) is 0 Å². The lowest BCUT2D eigenvalue weighted by Crippen LogP contribution is -2.64. The lowest BCUT2D eigenvalue weighted by molar-refractivity contribution is 0.0817. The largest absolute Gasteiger partial charge is 0.395 e. The number of nitrogens with zero attached hydrogens (tertiary/aromatic N) is 1. The maximum atomic E-state index is 6.55. The van der Waals surface area contributed by atoms with Gasteiger partial charge in [0.05, 0.1) is 6.23 Å². The lowest BCUT2D eigenvalue weighted by Gasteiger charge is -2.49. The maximum absolute atomic E-state index is 6.55. The third-order valence-electron chi connectivity index (χ3n) is 3.38. The van der Waals surface area contributed by atoms with Crippen LogP contribution in [0.5, 0.6) is 0 Å². The van der Waals surface area contributed by atoms with Gasteiger partial charge in [0, 0.05) is 6.61 Å². The van der Waals surface area contributed by atoms with E-state index in [1.165, 1.54) is 0 Å². The Hall–Kier alpha value is 0.531. The summed E-state index contributed by atoms with van der Waals surface area (Å²) in [5, 5.41) is 0. The van der Waals surface area contributed by atoms with Gasteiger partial charge in [0.1, 0.15) is 16.5 Å². The van der Waals surface area contributed by atoms with Gasteiger partial charge < -0.3 is 13.1 Å². The molecule has 0 heterocycles. The first kappa shape index (κ1) is 20.5. The van der Waals surface area contributed by atoms with Gasteiger partial charge in [0.15, 0.2) is 0 Å². The minimum absolute atomic E-state index is 0.183. The summed E-state index contributed by atoms with van der Waals surface area (Å²) >= 11 is 0. The molecule has 0 radical (unpaired) electrons. The summed E-state index contributed by atoms with van der Waals surface area (Å²) in [6.45, 7) is 24.0. The molecule has 0 aromatic rings. The van der Waals surface area contributed by atoms with E-state index in [4.69, 9.17) is 8.85 Å². The highest BCUT2D eigenvalue weighted by atomic mass is 28.4. The molecule has 0 rings (SSSR count). The van der Waals surface area contributed by atoms with Crippen molar-refractivity contribution in [3.63, 3.8) is 0 Å². The van der Waals surface area contributed by atoms with Crippen molar-refractivity contribution in [1.29, 1.82) is 0 Å². The fourth-order valence-corrected chi connectivity index (χ4v) is 16.7. The lowest BCUT2D eigenvalue weighted by atomic mass is 10.6. The Kier molecular flexibility index (Phi) is 7.89. The minimum Gasteiger partial charge on any atom is -0.395 e. The van der Waals surface area contributed by atoms with Crippen LogP contribution < -0.4 is 0 Å². The van der Waals surface area contributed by atoms with Crippen LogP contribution >= 0.6 is 0 Å². The smallest absolute Gasteiger partial charge is 0.336 e. The Balaban J connectivity index is 5.13. The molecule has 0 aliphatic rings. The summed E-state index contributed by atoms with van der Waals surface area (Å²) in [5.74, 6) is 0. The van der Waals surface area contributed by atoms with Crippen LogP contribution in [0.25, 0.3) is 0 Å². The van der Waals surface area contributed by atoms with Gasteiger partial charge in [-0.05, 0) is 26.4 Å². The molecule has 0 aromatic carbocycles. The highest BCUT2D eigenvalue weighted by molar-refractivity contribution is 6.89. The third kappa shape index (κ3) is 6.53. The molecule has 122 valence electrons. The summed E-state index contributed by atoms with van der Waals surface area (Å²) in [5.41, 5.74) is 0. The van der Waals surface area contributed by atoms with E-state index in [1.807, 2.05) is 0 Å². The first-order valence-electron chi connectivity index (χ1n) is 7.98. The standard InChI is InChI=1S/C14H37NO2Si3/c1-11-13-20(10,16-12-2)17-14(3)15(18(4,5)6)19(7,8)9/h14H,11-13H2,1-10H3. The van der Waals surface area contributed by atoms with Gasteiger partial charge in [-0.15, -0.1) is 0 Å². The Labute approximate surface area is 130 Å². The summed E-state index contributed by atoms with van der Waals surface area (Å²) in [6, 6.07) is 1.08. The van der Waals surface area contributed by atoms with Crippen molar-refractivity contribution in [2.75, 3.05) is 6.61 Å². The molecule has 2 atom stereocenters. The van der Waals surface area contributed by atoms with Crippen LogP contribution in [0.1, 0.15) is 27.2 Å². The number of hydrogen-bond acceptors (Lipinski definition) is 3. The number of hydrogen-bond donors (Lipinski definition) is 0. The average molecular weight is 336 g/mol. The fourth-order valence-electron chi connectivity index (χ4n) is 3.44. The van der Waals surface area contributed by atoms with E-state index in [9.17, 15) is 0 Å². The molecular weight excluding hydrogens is 298 g/mol. The Bertz CT molecular complexity index is 267. The molecule has 0 amide bonds. The van der Waals surface area contributed by atoms with Gasteiger partial charge in [-0.3, -0.25) is 0 Å². The predicted octanol–water partition coefficient (Wildman–Crippen LogP) is 4.84. The van der Waals surface area contributed by atoms with E-state index < -0.39 is 25.0 Å². The second-order valence-corrected chi connectivity index (χ2v) is 21.1. The topological polar surface area (TPSA) is 21.7 Å². The molecule has 0 N–H and O–H groups in total. The van der Waals surface area contributed by atoms with Crippen molar-refractivity contribution in [2.24, 2.45) is 0 Å². The van der Waals surface area contributed by atoms with Gasteiger partial charge in [-0.25, -0.2) is 0 Å². The summed E-state index contributed by atoms with van der Waals surface area (Å²) < 4.78 is 15.3. The maximum Gasteiger partial charge on any atom is 0.336 e. The molecule has 0 spiro atoms. The van der Waals surface area contributed by atoms with Crippen molar-refractivity contribution >= 4 is 25.0 Å². The predicted molar refractivity (Wildman–Crippen MR) is 97.4 cm³/mol. The molecule has 0 fully saturated rings. The number of rotatable bonds is 9. The van der Waals surface area contributed by atoms with Crippen LogP contribution in [-0.2, 0) is 8.85 Å². The van der Waals surface area contributed by atoms with Crippen molar-refractivity contribution in [2.45, 2.75) is 85.3 Å². The van der Waals surface area contributed by atoms with E-state index >= 15 is 0 Å². The molecule has 0 bridgehead atoms. The molecule has 0 aromatic heterocycles. The first-order valence-corrected chi connectivity index (χ1v) is 17.4. The molecule has 2 unspecified atom stereocenters. The molecule has 0 aliphatic heterocycles. The minimum atomic E-state index is -2.03. The Morgan fingerprint density at radius 2 is 1.35 bits per heavy atom. The molecule has 6 heteroatoms. The van der Waals surface area contributed by atoms with E-state index in [0.717, 1.165) is 19.1 Å². The Morgan fingerprint density at radius 1 is 0.900 bits per heavy atom. The van der Waals surface area contributed by atoms with Crippen molar-refractivity contribution in [3.8, 4) is 0 Å². The van der Waals surface area contributed by atoms with Gasteiger partial charge >= 0.3 is 8.56 Å². The highest BCUT2D eigenvalue weighted by Gasteiger charge is 2.42. The van der Waals surface area contributed by atoms with Crippen LogP contribution in [0.2, 0.25) is 51.9 Å². The summed E-state index contributed by atoms with van der Waals surface area (Å²) in [6.07, 6.45) is 1.32. The fraction of sp³-hybridized carbons (Fsp3) is 1.00. The zero-order chi connectivity index (χ0) is 16.2. The molecule has 3 nitrogen and oxygen atoms in total. The van der Waals surface area contributed by atoms with Crippen molar-refractivity contribution < 1.29 is 8.85 Å². The Morgan fingerprint density at radius 3 is 1.65 bits per heavy atom. The van der Waals surface area contributed by atoms with Crippen molar-refractivity contribution in [1.82, 2.24) is 4.23 Å². The molecule has 0 saturated heterocycles. The summed E-state index contributed by atoms with van der Waals surface area (Å²) in [4.78, 5) is 0. The SMILES string of the molecule is CCC[Si](C)(OCC)OC(C)N([Si](C)(C)C)[Si](C)(C)C. The normalized spacial score (nSPS) is 18.1. The van der Waals surface area contributed by atoms with Gasteiger partial charge in [0.25, 0.3) is 0 Å². The van der Waals surface area contributed by atoms with Crippen LogP contribution in [0, 0.1) is 0 Å². The van der Waals surface area contributed by atoms with E-state index in [-0.39, 0.29) is 6.23 Å². The zero-order valence-corrected chi connectivity index (χ0v) is 18.5. The first-order chi connectivity index (χ1) is 8.87. The zero-order valence-electron chi connectivity index (χ0n) is 15.5. The second kappa shape index (κ2) is 7.69. The van der Waals surface area contributed by atoms with Crippen LogP contribution in [-0.4, -0.2) is 42.1 Å².